The second kappa shape index (κ2) is 3.43. The molecule has 0 aliphatic heterocycles. The van der Waals surface area contributed by atoms with Gasteiger partial charge in [0.05, 0.1) is 23.6 Å². The molecule has 1 aliphatic carbocycles. The van der Waals surface area contributed by atoms with Crippen LogP contribution in [0, 0.1) is 5.92 Å². The highest BCUT2D eigenvalue weighted by Crippen LogP contribution is 2.43. The van der Waals surface area contributed by atoms with Crippen molar-refractivity contribution < 1.29 is 0 Å². The minimum Gasteiger partial charge on any atom is -0.340 e. The summed E-state index contributed by atoms with van der Waals surface area (Å²) in [6.07, 6.45) is 8.02. The zero-order valence-electron chi connectivity index (χ0n) is 10.1. The minimum absolute atomic E-state index is 0.333. The predicted molar refractivity (Wildman–Crippen MR) is 65.1 cm³/mol. The van der Waals surface area contributed by atoms with Crippen LogP contribution < -0.4 is 5.73 Å². The van der Waals surface area contributed by atoms with Crippen molar-refractivity contribution in [3.63, 3.8) is 0 Å². The van der Waals surface area contributed by atoms with E-state index in [-0.39, 0.29) is 5.54 Å². The Kier molecular flexibility index (Phi) is 2.13. The minimum atomic E-state index is -0.333. The molecule has 1 atom stereocenters. The van der Waals surface area contributed by atoms with Gasteiger partial charge >= 0.3 is 0 Å². The van der Waals surface area contributed by atoms with Crippen LogP contribution in [-0.4, -0.2) is 19.7 Å². The van der Waals surface area contributed by atoms with Crippen molar-refractivity contribution in [1.82, 2.24) is 19.7 Å². The lowest BCUT2D eigenvalue weighted by atomic mass is 9.97. The zero-order chi connectivity index (χ0) is 12.0. The first kappa shape index (κ1) is 10.5. The Balaban J connectivity index is 1.92. The summed E-state index contributed by atoms with van der Waals surface area (Å²) >= 11 is 0. The summed E-state index contributed by atoms with van der Waals surface area (Å²) in [6.45, 7) is 2.05. The topological polar surface area (TPSA) is 72.5 Å². The normalized spacial score (nSPS) is 19.2. The molecular formula is C12H17N5. The van der Waals surface area contributed by atoms with E-state index in [0.717, 1.165) is 17.1 Å². The molecule has 1 aliphatic rings. The number of aromatic amines is 1. The summed E-state index contributed by atoms with van der Waals surface area (Å²) in [7, 11) is 1.90. The molecule has 0 spiro atoms. The Hall–Kier alpha value is -1.62. The summed E-state index contributed by atoms with van der Waals surface area (Å²) in [5.41, 5.74) is 8.01. The third-order valence-corrected chi connectivity index (χ3v) is 3.53. The summed E-state index contributed by atoms with van der Waals surface area (Å²) in [5.74, 6) is 1.44. The second-order valence-electron chi connectivity index (χ2n) is 5.11. The van der Waals surface area contributed by atoms with Crippen LogP contribution in [0.4, 0.5) is 0 Å². The average molecular weight is 231 g/mol. The summed E-state index contributed by atoms with van der Waals surface area (Å²) < 4.78 is 1.78. The fraction of sp³-hybridized carbons (Fsp3) is 0.500. The lowest BCUT2D eigenvalue weighted by molar-refractivity contribution is 0.404. The number of aryl methyl sites for hydroxylation is 1. The monoisotopic (exact) mass is 231 g/mol. The molecule has 5 nitrogen and oxygen atoms in total. The molecule has 0 saturated heterocycles. The highest BCUT2D eigenvalue weighted by Gasteiger charge is 2.41. The summed E-state index contributed by atoms with van der Waals surface area (Å²) in [6, 6.07) is 0. The van der Waals surface area contributed by atoms with E-state index in [0.29, 0.717) is 5.92 Å². The van der Waals surface area contributed by atoms with Gasteiger partial charge in [-0.15, -0.1) is 0 Å². The van der Waals surface area contributed by atoms with Gasteiger partial charge in [0.15, 0.2) is 0 Å². The highest BCUT2D eigenvalue weighted by atomic mass is 15.2. The molecule has 0 amide bonds. The van der Waals surface area contributed by atoms with Crippen molar-refractivity contribution in [2.75, 3.05) is 0 Å². The van der Waals surface area contributed by atoms with Crippen molar-refractivity contribution in [2.45, 2.75) is 25.3 Å². The smallest absolute Gasteiger partial charge is 0.126 e. The van der Waals surface area contributed by atoms with Crippen molar-refractivity contribution in [1.29, 1.82) is 0 Å². The Morgan fingerprint density at radius 2 is 2.24 bits per heavy atom. The molecule has 2 aromatic rings. The van der Waals surface area contributed by atoms with Crippen LogP contribution >= 0.6 is 0 Å². The molecule has 1 saturated carbocycles. The molecular weight excluding hydrogens is 214 g/mol. The van der Waals surface area contributed by atoms with Crippen molar-refractivity contribution in [3.05, 3.63) is 24.4 Å². The van der Waals surface area contributed by atoms with Crippen LogP contribution in [-0.2, 0) is 12.6 Å². The number of hydrogen-bond acceptors (Lipinski definition) is 3. The maximum absolute atomic E-state index is 6.33. The van der Waals surface area contributed by atoms with E-state index in [9.17, 15) is 0 Å². The fourth-order valence-electron chi connectivity index (χ4n) is 2.18. The van der Waals surface area contributed by atoms with Crippen molar-refractivity contribution in [3.8, 4) is 11.3 Å². The molecule has 90 valence electrons. The number of H-pyrrole nitrogens is 1. The third kappa shape index (κ3) is 1.76. The molecule has 3 rings (SSSR count). The standard InChI is InChI=1S/C12H17N5/c1-12(13,9-3-4-9)11-14-6-10(16-11)8-5-15-17(2)7-8/h5-7,9H,3-4,13H2,1-2H3,(H,14,16). The van der Waals surface area contributed by atoms with E-state index < -0.39 is 0 Å². The largest absolute Gasteiger partial charge is 0.340 e. The molecule has 1 unspecified atom stereocenters. The number of nitrogens with one attached hydrogen (secondary N) is 1. The van der Waals surface area contributed by atoms with Crippen LogP contribution in [0.15, 0.2) is 18.6 Å². The van der Waals surface area contributed by atoms with E-state index in [4.69, 9.17) is 5.73 Å². The van der Waals surface area contributed by atoms with Crippen LogP contribution in [0.1, 0.15) is 25.6 Å². The van der Waals surface area contributed by atoms with Crippen LogP contribution in [0.5, 0.6) is 0 Å². The quantitative estimate of drug-likeness (QED) is 0.838. The molecule has 17 heavy (non-hydrogen) atoms. The Labute approximate surface area is 100 Å². The lowest BCUT2D eigenvalue weighted by Gasteiger charge is -2.21. The van der Waals surface area contributed by atoms with Gasteiger partial charge in [0.2, 0.25) is 0 Å². The molecule has 2 aromatic heterocycles. The van der Waals surface area contributed by atoms with Gasteiger partial charge in [-0.3, -0.25) is 4.68 Å². The van der Waals surface area contributed by atoms with Gasteiger partial charge in [0.1, 0.15) is 5.82 Å². The first-order valence-corrected chi connectivity index (χ1v) is 5.91. The predicted octanol–water partition coefficient (Wildman–Crippen LogP) is 1.39. The molecule has 0 radical (unpaired) electrons. The molecule has 2 heterocycles. The van der Waals surface area contributed by atoms with E-state index in [2.05, 4.69) is 22.0 Å². The summed E-state index contributed by atoms with van der Waals surface area (Å²) in [4.78, 5) is 7.73. The van der Waals surface area contributed by atoms with Crippen LogP contribution in [0.2, 0.25) is 0 Å². The van der Waals surface area contributed by atoms with Gasteiger partial charge < -0.3 is 10.7 Å². The first-order valence-electron chi connectivity index (χ1n) is 5.91. The molecule has 0 aromatic carbocycles. The van der Waals surface area contributed by atoms with Crippen LogP contribution in [0.25, 0.3) is 11.3 Å². The number of aromatic nitrogens is 4. The van der Waals surface area contributed by atoms with Gasteiger partial charge in [-0.2, -0.15) is 5.10 Å². The molecule has 3 N–H and O–H groups in total. The number of nitrogens with zero attached hydrogens (tertiary/aromatic N) is 3. The van der Waals surface area contributed by atoms with Crippen molar-refractivity contribution in [2.24, 2.45) is 18.7 Å². The third-order valence-electron chi connectivity index (χ3n) is 3.53. The number of imidazole rings is 1. The van der Waals surface area contributed by atoms with Gasteiger partial charge in [-0.1, -0.05) is 0 Å². The number of hydrogen-bond donors (Lipinski definition) is 2. The average Bonchev–Trinajstić information content (AvgIpc) is 2.87. The van der Waals surface area contributed by atoms with E-state index >= 15 is 0 Å². The molecule has 1 fully saturated rings. The Morgan fingerprint density at radius 1 is 1.47 bits per heavy atom. The van der Waals surface area contributed by atoms with Gasteiger partial charge in [0, 0.05) is 18.8 Å². The van der Waals surface area contributed by atoms with Crippen molar-refractivity contribution >= 4 is 0 Å². The van der Waals surface area contributed by atoms with Crippen LogP contribution in [0.3, 0.4) is 0 Å². The highest BCUT2D eigenvalue weighted by molar-refractivity contribution is 5.56. The van der Waals surface area contributed by atoms with Gasteiger partial charge in [-0.25, -0.2) is 4.98 Å². The molecule has 0 bridgehead atoms. The zero-order valence-corrected chi connectivity index (χ0v) is 10.1. The fourth-order valence-corrected chi connectivity index (χ4v) is 2.18. The Bertz CT molecular complexity index is 533. The van der Waals surface area contributed by atoms with E-state index in [1.54, 1.807) is 4.68 Å². The maximum atomic E-state index is 6.33. The number of rotatable bonds is 3. The SMILES string of the molecule is Cn1cc(-c2cnc(C(C)(N)C3CC3)[nH]2)cn1. The van der Waals surface area contributed by atoms with Gasteiger partial charge in [-0.05, 0) is 25.7 Å². The van der Waals surface area contributed by atoms with E-state index in [1.807, 2.05) is 25.6 Å². The maximum Gasteiger partial charge on any atom is 0.126 e. The lowest BCUT2D eigenvalue weighted by Crippen LogP contribution is -2.36. The first-order chi connectivity index (χ1) is 8.07. The second-order valence-corrected chi connectivity index (χ2v) is 5.11. The van der Waals surface area contributed by atoms with E-state index in [1.165, 1.54) is 12.8 Å². The molecule has 5 heteroatoms. The summed E-state index contributed by atoms with van der Waals surface area (Å²) in [5, 5.41) is 4.15. The number of nitrogens with two attached hydrogens (primary N) is 1. The van der Waals surface area contributed by atoms with Gasteiger partial charge in [0.25, 0.3) is 0 Å². The Morgan fingerprint density at radius 3 is 2.82 bits per heavy atom.